The van der Waals surface area contributed by atoms with Gasteiger partial charge in [-0.15, -0.1) is 0 Å². The molecule has 2 aromatic carbocycles. The molecule has 1 N–H and O–H groups in total. The van der Waals surface area contributed by atoms with E-state index in [-0.39, 0.29) is 5.91 Å². The molecule has 0 fully saturated rings. The van der Waals surface area contributed by atoms with Crippen molar-refractivity contribution in [3.8, 4) is 17.1 Å². The van der Waals surface area contributed by atoms with E-state index in [0.29, 0.717) is 30.4 Å². The van der Waals surface area contributed by atoms with Gasteiger partial charge in [-0.1, -0.05) is 41.6 Å². The van der Waals surface area contributed by atoms with Crippen molar-refractivity contribution in [3.05, 3.63) is 65.5 Å². The zero-order valence-corrected chi connectivity index (χ0v) is 15.7. The average molecular weight is 365 g/mol. The van der Waals surface area contributed by atoms with Crippen molar-refractivity contribution in [2.24, 2.45) is 0 Å². The Morgan fingerprint density at radius 2 is 1.85 bits per heavy atom. The molecule has 27 heavy (non-hydrogen) atoms. The van der Waals surface area contributed by atoms with Crippen molar-refractivity contribution in [3.63, 3.8) is 0 Å². The van der Waals surface area contributed by atoms with Gasteiger partial charge in [0.05, 0.1) is 0 Å². The summed E-state index contributed by atoms with van der Waals surface area (Å²) in [4.78, 5) is 16.6. The van der Waals surface area contributed by atoms with Gasteiger partial charge in [0.2, 0.25) is 11.7 Å². The number of benzene rings is 2. The summed E-state index contributed by atoms with van der Waals surface area (Å²) in [6.45, 7) is 6.13. The number of aryl methyl sites for hydroxylation is 2. The smallest absolute Gasteiger partial charge is 0.260 e. The van der Waals surface area contributed by atoms with E-state index >= 15 is 0 Å². The molecule has 1 aromatic heterocycles. The number of carbonyl (C=O) groups excluding carboxylic acids is 1. The molecule has 0 bridgehead atoms. The molecule has 0 radical (unpaired) electrons. The summed E-state index contributed by atoms with van der Waals surface area (Å²) >= 11 is 0. The van der Waals surface area contributed by atoms with Gasteiger partial charge in [0.1, 0.15) is 5.75 Å². The Morgan fingerprint density at radius 1 is 1.15 bits per heavy atom. The van der Waals surface area contributed by atoms with Crippen LogP contribution in [0.15, 0.2) is 53.1 Å². The number of rotatable bonds is 7. The molecule has 3 aromatic rings. The van der Waals surface area contributed by atoms with Crippen molar-refractivity contribution in [2.75, 3.05) is 6.54 Å². The summed E-state index contributed by atoms with van der Waals surface area (Å²) in [5, 5.41) is 6.81. The maximum atomic E-state index is 12.2. The quantitative estimate of drug-likeness (QED) is 0.694. The van der Waals surface area contributed by atoms with Crippen molar-refractivity contribution < 1.29 is 14.1 Å². The van der Waals surface area contributed by atoms with Crippen LogP contribution in [0.25, 0.3) is 11.4 Å². The molecule has 6 heteroatoms. The van der Waals surface area contributed by atoms with Gasteiger partial charge in [-0.3, -0.25) is 4.79 Å². The molecule has 1 unspecified atom stereocenters. The molecule has 0 aliphatic heterocycles. The van der Waals surface area contributed by atoms with Crippen LogP contribution in [0.2, 0.25) is 0 Å². The minimum absolute atomic E-state index is 0.183. The van der Waals surface area contributed by atoms with E-state index in [0.717, 1.165) is 16.7 Å². The predicted octanol–water partition coefficient (Wildman–Crippen LogP) is 3.48. The van der Waals surface area contributed by atoms with Crippen LogP contribution in [0.5, 0.6) is 5.75 Å². The number of carbonyl (C=O) groups is 1. The minimum atomic E-state index is -0.589. The van der Waals surface area contributed by atoms with Crippen molar-refractivity contribution in [1.29, 1.82) is 0 Å². The molecule has 0 aliphatic carbocycles. The largest absolute Gasteiger partial charge is 0.481 e. The Bertz CT molecular complexity index is 886. The maximum absolute atomic E-state index is 12.2. The summed E-state index contributed by atoms with van der Waals surface area (Å²) in [5.74, 6) is 1.54. The summed E-state index contributed by atoms with van der Waals surface area (Å²) in [7, 11) is 0. The second-order valence-corrected chi connectivity index (χ2v) is 6.50. The molecular weight excluding hydrogens is 342 g/mol. The molecule has 0 spiro atoms. The molecule has 0 saturated carbocycles. The molecular formula is C21H23N3O3. The highest BCUT2D eigenvalue weighted by Crippen LogP contribution is 2.18. The molecule has 140 valence electrons. The maximum Gasteiger partial charge on any atom is 0.260 e. The Kier molecular flexibility index (Phi) is 5.86. The minimum Gasteiger partial charge on any atom is -0.481 e. The first kappa shape index (κ1) is 18.6. The van der Waals surface area contributed by atoms with Gasteiger partial charge in [0.25, 0.3) is 5.91 Å². The summed E-state index contributed by atoms with van der Waals surface area (Å²) in [5.41, 5.74) is 3.10. The first-order valence-electron chi connectivity index (χ1n) is 8.92. The summed E-state index contributed by atoms with van der Waals surface area (Å²) in [6.07, 6.45) is -0.129. The molecule has 6 nitrogen and oxygen atoms in total. The fourth-order valence-electron chi connectivity index (χ4n) is 2.76. The van der Waals surface area contributed by atoms with Crippen LogP contribution in [0.4, 0.5) is 0 Å². The fourth-order valence-corrected chi connectivity index (χ4v) is 2.76. The highest BCUT2D eigenvalue weighted by molar-refractivity contribution is 5.80. The van der Waals surface area contributed by atoms with Gasteiger partial charge in [0.15, 0.2) is 6.10 Å². The SMILES string of the molecule is Cc1cc(C)cc(OC(C)C(=O)NCCc2nc(-c3ccccc3)no2)c1. The van der Waals surface area contributed by atoms with E-state index in [1.807, 2.05) is 56.3 Å². The molecule has 1 atom stereocenters. The van der Waals surface area contributed by atoms with Crippen LogP contribution in [0.3, 0.4) is 0 Å². The Morgan fingerprint density at radius 3 is 2.56 bits per heavy atom. The lowest BCUT2D eigenvalue weighted by Gasteiger charge is -2.15. The Labute approximate surface area is 158 Å². The highest BCUT2D eigenvalue weighted by Gasteiger charge is 2.15. The van der Waals surface area contributed by atoms with Gasteiger partial charge in [-0.25, -0.2) is 0 Å². The standard InChI is InChI=1S/C21H23N3O3/c1-14-11-15(2)13-18(12-14)26-16(3)21(25)22-10-9-19-23-20(24-27-19)17-7-5-4-6-8-17/h4-8,11-13,16H,9-10H2,1-3H3,(H,22,25). The average Bonchev–Trinajstić information content (AvgIpc) is 3.10. The number of nitrogens with zero attached hydrogens (tertiary/aromatic N) is 2. The lowest BCUT2D eigenvalue weighted by Crippen LogP contribution is -2.37. The van der Waals surface area contributed by atoms with Crippen LogP contribution in [0.1, 0.15) is 23.9 Å². The number of hydrogen-bond donors (Lipinski definition) is 1. The number of hydrogen-bond acceptors (Lipinski definition) is 5. The highest BCUT2D eigenvalue weighted by atomic mass is 16.5. The van der Waals surface area contributed by atoms with E-state index in [4.69, 9.17) is 9.26 Å². The second kappa shape index (κ2) is 8.49. The van der Waals surface area contributed by atoms with E-state index in [1.165, 1.54) is 0 Å². The zero-order chi connectivity index (χ0) is 19.2. The zero-order valence-electron chi connectivity index (χ0n) is 15.7. The summed E-state index contributed by atoms with van der Waals surface area (Å²) in [6, 6.07) is 15.5. The van der Waals surface area contributed by atoms with Crippen LogP contribution in [-0.4, -0.2) is 28.7 Å². The van der Waals surface area contributed by atoms with Crippen LogP contribution in [-0.2, 0) is 11.2 Å². The molecule has 1 amide bonds. The van der Waals surface area contributed by atoms with Crippen molar-refractivity contribution in [2.45, 2.75) is 33.3 Å². The van der Waals surface area contributed by atoms with E-state index in [2.05, 4.69) is 21.5 Å². The summed E-state index contributed by atoms with van der Waals surface area (Å²) < 4.78 is 11.0. The van der Waals surface area contributed by atoms with Crippen LogP contribution < -0.4 is 10.1 Å². The van der Waals surface area contributed by atoms with E-state index in [9.17, 15) is 4.79 Å². The number of nitrogens with one attached hydrogen (secondary N) is 1. The topological polar surface area (TPSA) is 77.2 Å². The van der Waals surface area contributed by atoms with Crippen molar-refractivity contribution >= 4 is 5.91 Å². The van der Waals surface area contributed by atoms with E-state index < -0.39 is 6.10 Å². The monoisotopic (exact) mass is 365 g/mol. The number of ether oxygens (including phenoxy) is 1. The first-order valence-corrected chi connectivity index (χ1v) is 8.92. The number of amides is 1. The lowest BCUT2D eigenvalue weighted by atomic mass is 10.1. The predicted molar refractivity (Wildman–Crippen MR) is 102 cm³/mol. The van der Waals surface area contributed by atoms with Crippen LogP contribution in [0, 0.1) is 13.8 Å². The van der Waals surface area contributed by atoms with Gasteiger partial charge in [-0.2, -0.15) is 4.98 Å². The molecule has 0 aliphatic rings. The first-order chi connectivity index (χ1) is 13.0. The van der Waals surface area contributed by atoms with Gasteiger partial charge < -0.3 is 14.6 Å². The number of aromatic nitrogens is 2. The van der Waals surface area contributed by atoms with Crippen LogP contribution >= 0.6 is 0 Å². The third kappa shape index (κ3) is 5.17. The van der Waals surface area contributed by atoms with Gasteiger partial charge in [-0.05, 0) is 44.0 Å². The van der Waals surface area contributed by atoms with Gasteiger partial charge in [0, 0.05) is 18.5 Å². The normalized spacial score (nSPS) is 11.8. The molecule has 1 heterocycles. The Balaban J connectivity index is 1.48. The Hall–Kier alpha value is -3.15. The molecule has 0 saturated heterocycles. The third-order valence-corrected chi connectivity index (χ3v) is 4.02. The lowest BCUT2D eigenvalue weighted by molar-refractivity contribution is -0.127. The third-order valence-electron chi connectivity index (χ3n) is 4.02. The van der Waals surface area contributed by atoms with E-state index in [1.54, 1.807) is 6.92 Å². The van der Waals surface area contributed by atoms with Crippen molar-refractivity contribution in [1.82, 2.24) is 15.5 Å². The van der Waals surface area contributed by atoms with Gasteiger partial charge >= 0.3 is 0 Å². The fraction of sp³-hybridized carbons (Fsp3) is 0.286. The molecule has 3 rings (SSSR count). The second-order valence-electron chi connectivity index (χ2n) is 6.50.